The Morgan fingerprint density at radius 2 is 1.62 bits per heavy atom. The first-order valence-corrected chi connectivity index (χ1v) is 14.9. The number of carbonyl (C=O) groups excluding carboxylic acids is 1. The Balaban J connectivity index is 1.25. The van der Waals surface area contributed by atoms with Crippen LogP contribution in [0.4, 0.5) is 11.5 Å². The number of rotatable bonds is 8. The maximum Gasteiger partial charge on any atom is 0.260 e. The van der Waals surface area contributed by atoms with Crippen molar-refractivity contribution in [1.82, 2.24) is 30.0 Å². The molecule has 0 aliphatic carbocycles. The third kappa shape index (κ3) is 6.00. The van der Waals surface area contributed by atoms with Crippen LogP contribution in [-0.4, -0.2) is 82.8 Å². The van der Waals surface area contributed by atoms with Gasteiger partial charge in [0.25, 0.3) is 5.91 Å². The van der Waals surface area contributed by atoms with Gasteiger partial charge in [-0.2, -0.15) is 5.10 Å². The highest BCUT2D eigenvalue weighted by molar-refractivity contribution is 5.95. The minimum absolute atomic E-state index is 0.0532. The van der Waals surface area contributed by atoms with Gasteiger partial charge < -0.3 is 24.6 Å². The van der Waals surface area contributed by atoms with Crippen LogP contribution in [0.3, 0.4) is 0 Å². The van der Waals surface area contributed by atoms with Crippen molar-refractivity contribution in [2.75, 3.05) is 52.3 Å². The lowest BCUT2D eigenvalue weighted by atomic mass is 10.0. The van der Waals surface area contributed by atoms with Gasteiger partial charge in [-0.25, -0.2) is 9.97 Å². The van der Waals surface area contributed by atoms with Gasteiger partial charge in [-0.05, 0) is 42.4 Å². The lowest BCUT2D eigenvalue weighted by Gasteiger charge is -2.32. The Bertz CT molecular complexity index is 1970. The number of nitrogens with one attached hydrogen (secondary N) is 2. The van der Waals surface area contributed by atoms with Crippen molar-refractivity contribution >= 4 is 39.2 Å². The molecule has 1 aliphatic heterocycles. The van der Waals surface area contributed by atoms with E-state index in [0.29, 0.717) is 41.7 Å². The maximum atomic E-state index is 12.9. The first-order chi connectivity index (χ1) is 22.0. The molecule has 45 heavy (non-hydrogen) atoms. The van der Waals surface area contributed by atoms with Crippen molar-refractivity contribution < 1.29 is 14.3 Å². The number of nitrogens with zero attached hydrogens (tertiary/aromatic N) is 5. The first kappa shape index (κ1) is 28.3. The molecule has 1 aliphatic rings. The predicted octanol–water partition coefficient (Wildman–Crippen LogP) is 5.75. The molecule has 10 nitrogen and oxygen atoms in total. The summed E-state index contributed by atoms with van der Waals surface area (Å²) >= 11 is 0. The molecule has 7 rings (SSSR count). The number of benzene rings is 4. The van der Waals surface area contributed by atoms with Crippen LogP contribution in [0, 0.1) is 0 Å². The molecule has 6 aromatic rings. The zero-order valence-electron chi connectivity index (χ0n) is 25.2. The van der Waals surface area contributed by atoms with Crippen molar-refractivity contribution in [3.05, 3.63) is 91.1 Å². The molecule has 0 atom stereocenters. The topological polar surface area (TPSA) is 108 Å². The number of hydrogen-bond acceptors (Lipinski definition) is 8. The van der Waals surface area contributed by atoms with Gasteiger partial charge in [-0.1, -0.05) is 54.6 Å². The summed E-state index contributed by atoms with van der Waals surface area (Å²) in [5, 5.41) is 12.3. The number of piperazine rings is 1. The molecule has 0 bridgehead atoms. The normalized spacial score (nSPS) is 13.7. The highest BCUT2D eigenvalue weighted by Gasteiger charge is 2.21. The van der Waals surface area contributed by atoms with Gasteiger partial charge in [0.1, 0.15) is 5.82 Å². The van der Waals surface area contributed by atoms with E-state index >= 15 is 0 Å². The maximum absolute atomic E-state index is 12.9. The summed E-state index contributed by atoms with van der Waals surface area (Å²) in [6.07, 6.45) is 1.78. The molecule has 0 radical (unpaired) electrons. The number of H-pyrrole nitrogens is 1. The minimum Gasteiger partial charge on any atom is -0.493 e. The molecular weight excluding hydrogens is 566 g/mol. The van der Waals surface area contributed by atoms with E-state index in [2.05, 4.69) is 51.7 Å². The fraction of sp³-hybridized carbons (Fsp3) is 0.200. The molecule has 1 fully saturated rings. The van der Waals surface area contributed by atoms with Gasteiger partial charge >= 0.3 is 0 Å². The number of ether oxygens (including phenoxy) is 2. The molecular formula is C35H33N7O3. The number of methoxy groups -OCH3 is 1. The number of fused-ring (bicyclic) bond motifs is 2. The van der Waals surface area contributed by atoms with Crippen molar-refractivity contribution in [2.24, 2.45) is 0 Å². The fourth-order valence-corrected chi connectivity index (χ4v) is 5.52. The average Bonchev–Trinajstić information content (AvgIpc) is 3.56. The molecule has 0 saturated carbocycles. The Morgan fingerprint density at radius 3 is 2.40 bits per heavy atom. The van der Waals surface area contributed by atoms with Crippen LogP contribution in [0.1, 0.15) is 0 Å². The molecule has 10 heteroatoms. The molecule has 4 aromatic carbocycles. The van der Waals surface area contributed by atoms with E-state index in [4.69, 9.17) is 19.4 Å². The minimum atomic E-state index is -0.0851. The SMILES string of the molecule is COc1cc2nc(-c3ccc(-c4ccccc4)cc3)nc(Nc3ccc4[nH]ncc4c3)c2cc1OCC(=O)N1CCN(C)CC1. The molecule has 2 N–H and O–H groups in total. The summed E-state index contributed by atoms with van der Waals surface area (Å²) in [7, 11) is 3.64. The second kappa shape index (κ2) is 12.3. The summed E-state index contributed by atoms with van der Waals surface area (Å²) in [4.78, 5) is 26.9. The highest BCUT2D eigenvalue weighted by atomic mass is 16.5. The van der Waals surface area contributed by atoms with E-state index in [1.165, 1.54) is 0 Å². The predicted molar refractivity (Wildman–Crippen MR) is 176 cm³/mol. The smallest absolute Gasteiger partial charge is 0.260 e. The van der Waals surface area contributed by atoms with Crippen LogP contribution < -0.4 is 14.8 Å². The molecule has 1 saturated heterocycles. The van der Waals surface area contributed by atoms with Gasteiger partial charge in [0.2, 0.25) is 0 Å². The van der Waals surface area contributed by atoms with Gasteiger partial charge in [0, 0.05) is 54.3 Å². The van der Waals surface area contributed by atoms with Crippen LogP contribution >= 0.6 is 0 Å². The van der Waals surface area contributed by atoms with E-state index in [9.17, 15) is 4.79 Å². The zero-order chi connectivity index (χ0) is 30.8. The third-order valence-corrected chi connectivity index (χ3v) is 8.14. The van der Waals surface area contributed by atoms with Gasteiger partial charge in [-0.15, -0.1) is 0 Å². The van der Waals surface area contributed by atoms with Crippen LogP contribution in [0.2, 0.25) is 0 Å². The molecule has 226 valence electrons. The quantitative estimate of drug-likeness (QED) is 0.228. The van der Waals surface area contributed by atoms with E-state index in [1.807, 2.05) is 65.6 Å². The van der Waals surface area contributed by atoms with E-state index in [1.54, 1.807) is 13.3 Å². The van der Waals surface area contributed by atoms with Crippen LogP contribution in [0.15, 0.2) is 91.1 Å². The zero-order valence-corrected chi connectivity index (χ0v) is 25.2. The van der Waals surface area contributed by atoms with E-state index in [-0.39, 0.29) is 12.5 Å². The van der Waals surface area contributed by atoms with Crippen molar-refractivity contribution in [3.63, 3.8) is 0 Å². The van der Waals surface area contributed by atoms with Gasteiger partial charge in [0.15, 0.2) is 23.9 Å². The summed E-state index contributed by atoms with van der Waals surface area (Å²) in [5.74, 6) is 2.05. The second-order valence-electron chi connectivity index (χ2n) is 11.1. The molecule has 0 spiro atoms. The van der Waals surface area contributed by atoms with E-state index < -0.39 is 0 Å². The lowest BCUT2D eigenvalue weighted by molar-refractivity contribution is -0.134. The van der Waals surface area contributed by atoms with E-state index in [0.717, 1.165) is 51.8 Å². The van der Waals surface area contributed by atoms with Crippen LogP contribution in [0.5, 0.6) is 11.5 Å². The largest absolute Gasteiger partial charge is 0.493 e. The number of anilines is 2. The molecule has 3 heterocycles. The van der Waals surface area contributed by atoms with Crippen molar-refractivity contribution in [2.45, 2.75) is 0 Å². The number of carbonyl (C=O) groups is 1. The lowest BCUT2D eigenvalue weighted by Crippen LogP contribution is -2.48. The summed E-state index contributed by atoms with van der Waals surface area (Å²) in [5.41, 5.74) is 5.59. The van der Waals surface area contributed by atoms with Crippen molar-refractivity contribution in [1.29, 1.82) is 0 Å². The Morgan fingerprint density at radius 1 is 0.867 bits per heavy atom. The number of hydrogen-bond donors (Lipinski definition) is 2. The van der Waals surface area contributed by atoms with Gasteiger partial charge in [0.05, 0.1) is 24.3 Å². The number of amides is 1. The molecule has 1 amide bonds. The Hall–Kier alpha value is -5.48. The third-order valence-electron chi connectivity index (χ3n) is 8.14. The summed E-state index contributed by atoms with van der Waals surface area (Å²) in [6, 6.07) is 28.1. The average molecular weight is 600 g/mol. The second-order valence-corrected chi connectivity index (χ2v) is 11.1. The highest BCUT2D eigenvalue weighted by Crippen LogP contribution is 2.37. The van der Waals surface area contributed by atoms with Crippen molar-refractivity contribution in [3.8, 4) is 34.0 Å². The summed E-state index contributed by atoms with van der Waals surface area (Å²) < 4.78 is 11.8. The fourth-order valence-electron chi connectivity index (χ4n) is 5.52. The standard InChI is InChI=1S/C35H33N7O3/c1-41-14-16-42(17-15-41)33(43)22-45-32-19-28-30(20-31(32)44-2)38-34(25-10-8-24(9-11-25)23-6-4-3-5-7-23)39-35(28)37-27-12-13-29-26(18-27)21-36-40-29/h3-13,18-21H,14-17,22H2,1-2H3,(H,36,40)(H,37,38,39). The summed E-state index contributed by atoms with van der Waals surface area (Å²) in [6.45, 7) is 2.98. The number of aromatic nitrogens is 4. The monoisotopic (exact) mass is 599 g/mol. The van der Waals surface area contributed by atoms with Crippen LogP contribution in [-0.2, 0) is 4.79 Å². The molecule has 0 unspecified atom stereocenters. The number of aromatic amines is 1. The number of likely N-dealkylation sites (N-methyl/N-ethyl adjacent to an activating group) is 1. The van der Waals surface area contributed by atoms with Gasteiger partial charge in [-0.3, -0.25) is 9.89 Å². The Labute approximate surface area is 260 Å². The molecule has 2 aromatic heterocycles. The first-order valence-electron chi connectivity index (χ1n) is 14.9. The van der Waals surface area contributed by atoms with Crippen LogP contribution in [0.25, 0.3) is 44.3 Å². The Kier molecular flexibility index (Phi) is 7.71.